The predicted octanol–water partition coefficient (Wildman–Crippen LogP) is 3.06. The first-order chi connectivity index (χ1) is 9.09. The van der Waals surface area contributed by atoms with Crippen LogP contribution in [-0.4, -0.2) is 25.7 Å². The van der Waals surface area contributed by atoms with E-state index in [-0.39, 0.29) is 5.91 Å². The van der Waals surface area contributed by atoms with Crippen LogP contribution in [0.1, 0.15) is 25.8 Å². The summed E-state index contributed by atoms with van der Waals surface area (Å²) in [4.78, 5) is 11.7. The molecule has 1 rings (SSSR count). The van der Waals surface area contributed by atoms with E-state index in [4.69, 9.17) is 16.3 Å². The number of rotatable bonds is 8. The first-order valence-corrected chi connectivity index (χ1v) is 7.05. The summed E-state index contributed by atoms with van der Waals surface area (Å²) in [6, 6.07) is 7.40. The number of ether oxygens (including phenoxy) is 1. The minimum atomic E-state index is -0.00282. The van der Waals surface area contributed by atoms with E-state index in [1.807, 2.05) is 18.2 Å². The smallest absolute Gasteiger partial charge is 0.224 e. The topological polar surface area (TPSA) is 38.3 Å². The van der Waals surface area contributed by atoms with Crippen LogP contribution < -0.4 is 5.32 Å². The van der Waals surface area contributed by atoms with Crippen molar-refractivity contribution in [2.75, 3.05) is 19.8 Å². The van der Waals surface area contributed by atoms with Crippen molar-refractivity contribution in [2.45, 2.75) is 26.7 Å². The van der Waals surface area contributed by atoms with Crippen molar-refractivity contribution in [1.82, 2.24) is 5.32 Å². The number of benzene rings is 1. The van der Waals surface area contributed by atoms with Gasteiger partial charge >= 0.3 is 0 Å². The van der Waals surface area contributed by atoms with Gasteiger partial charge in [-0.1, -0.05) is 43.6 Å². The first-order valence-electron chi connectivity index (χ1n) is 6.67. The Bertz CT molecular complexity index is 393. The summed E-state index contributed by atoms with van der Waals surface area (Å²) in [5.41, 5.74) is 0.859. The number of halogens is 1. The van der Waals surface area contributed by atoms with Gasteiger partial charge < -0.3 is 10.1 Å². The molecule has 1 amide bonds. The van der Waals surface area contributed by atoms with Crippen LogP contribution in [0.5, 0.6) is 0 Å². The Morgan fingerprint density at radius 3 is 2.79 bits per heavy atom. The summed E-state index contributed by atoms with van der Waals surface area (Å²) in [6.45, 7) is 6.33. The normalized spacial score (nSPS) is 10.7. The molecule has 3 nitrogen and oxygen atoms in total. The lowest BCUT2D eigenvalue weighted by molar-refractivity contribution is -0.120. The zero-order valence-electron chi connectivity index (χ0n) is 11.6. The van der Waals surface area contributed by atoms with Gasteiger partial charge in [-0.3, -0.25) is 4.79 Å². The monoisotopic (exact) mass is 283 g/mol. The van der Waals surface area contributed by atoms with Crippen LogP contribution in [0.3, 0.4) is 0 Å². The number of amides is 1. The molecule has 0 fully saturated rings. The molecule has 1 N–H and O–H groups in total. The van der Waals surface area contributed by atoms with Gasteiger partial charge in [-0.05, 0) is 24.0 Å². The van der Waals surface area contributed by atoms with E-state index in [1.165, 1.54) is 0 Å². The van der Waals surface area contributed by atoms with E-state index in [0.717, 1.165) is 18.6 Å². The SMILES string of the molecule is CC(C)COCCCNC(=O)Cc1ccccc1Cl. The summed E-state index contributed by atoms with van der Waals surface area (Å²) >= 11 is 6.00. The molecule has 0 saturated heterocycles. The predicted molar refractivity (Wildman–Crippen MR) is 78.4 cm³/mol. The lowest BCUT2D eigenvalue weighted by Gasteiger charge is -2.08. The highest BCUT2D eigenvalue weighted by atomic mass is 35.5. The van der Waals surface area contributed by atoms with Gasteiger partial charge in [0.1, 0.15) is 0 Å². The molecular formula is C15H22ClNO2. The molecule has 19 heavy (non-hydrogen) atoms. The van der Waals surface area contributed by atoms with Crippen LogP contribution in [-0.2, 0) is 16.0 Å². The Labute approximate surface area is 120 Å². The fraction of sp³-hybridized carbons (Fsp3) is 0.533. The zero-order chi connectivity index (χ0) is 14.1. The minimum absolute atomic E-state index is 0.00282. The van der Waals surface area contributed by atoms with Gasteiger partial charge in [-0.2, -0.15) is 0 Å². The second kappa shape index (κ2) is 8.94. The van der Waals surface area contributed by atoms with Gasteiger partial charge in [-0.15, -0.1) is 0 Å². The summed E-state index contributed by atoms with van der Waals surface area (Å²) < 4.78 is 5.44. The van der Waals surface area contributed by atoms with Gasteiger partial charge in [0.25, 0.3) is 0 Å². The maximum atomic E-state index is 11.7. The molecular weight excluding hydrogens is 262 g/mol. The molecule has 0 bridgehead atoms. The maximum absolute atomic E-state index is 11.7. The third kappa shape index (κ3) is 7.19. The van der Waals surface area contributed by atoms with Crippen LogP contribution >= 0.6 is 11.6 Å². The van der Waals surface area contributed by atoms with E-state index in [2.05, 4.69) is 19.2 Å². The van der Waals surface area contributed by atoms with E-state index in [0.29, 0.717) is 30.5 Å². The van der Waals surface area contributed by atoms with Gasteiger partial charge in [0, 0.05) is 24.8 Å². The number of nitrogens with one attached hydrogen (secondary N) is 1. The molecule has 1 aromatic rings. The lowest BCUT2D eigenvalue weighted by atomic mass is 10.1. The first kappa shape index (κ1) is 16.0. The van der Waals surface area contributed by atoms with Crippen molar-refractivity contribution in [3.8, 4) is 0 Å². The van der Waals surface area contributed by atoms with Crippen molar-refractivity contribution < 1.29 is 9.53 Å². The molecule has 0 atom stereocenters. The highest BCUT2D eigenvalue weighted by Crippen LogP contribution is 2.15. The van der Waals surface area contributed by atoms with Crippen LogP contribution in [0.4, 0.5) is 0 Å². The molecule has 0 aliphatic rings. The second-order valence-corrected chi connectivity index (χ2v) is 5.35. The molecule has 0 radical (unpaired) electrons. The molecule has 106 valence electrons. The Morgan fingerprint density at radius 2 is 2.11 bits per heavy atom. The Kier molecular flexibility index (Phi) is 7.53. The number of carbonyl (C=O) groups excluding carboxylic acids is 1. The van der Waals surface area contributed by atoms with Gasteiger partial charge in [-0.25, -0.2) is 0 Å². The van der Waals surface area contributed by atoms with E-state index in [1.54, 1.807) is 6.07 Å². The van der Waals surface area contributed by atoms with Crippen LogP contribution in [0.2, 0.25) is 5.02 Å². The van der Waals surface area contributed by atoms with Crippen LogP contribution in [0.25, 0.3) is 0 Å². The fourth-order valence-corrected chi connectivity index (χ4v) is 1.80. The highest BCUT2D eigenvalue weighted by molar-refractivity contribution is 6.31. The third-order valence-corrected chi connectivity index (χ3v) is 2.92. The summed E-state index contributed by atoms with van der Waals surface area (Å²) in [6.07, 6.45) is 1.16. The van der Waals surface area contributed by atoms with E-state index < -0.39 is 0 Å². The highest BCUT2D eigenvalue weighted by Gasteiger charge is 2.05. The molecule has 1 aromatic carbocycles. The van der Waals surface area contributed by atoms with Crippen molar-refractivity contribution >= 4 is 17.5 Å². The Hall–Kier alpha value is -1.06. The number of hydrogen-bond acceptors (Lipinski definition) is 2. The molecule has 0 aliphatic carbocycles. The maximum Gasteiger partial charge on any atom is 0.224 e. The fourth-order valence-electron chi connectivity index (χ4n) is 1.60. The molecule has 0 unspecified atom stereocenters. The number of carbonyl (C=O) groups is 1. The van der Waals surface area contributed by atoms with Gasteiger partial charge in [0.2, 0.25) is 5.91 Å². The minimum Gasteiger partial charge on any atom is -0.381 e. The van der Waals surface area contributed by atoms with Crippen molar-refractivity contribution in [3.63, 3.8) is 0 Å². The standard InChI is InChI=1S/C15H22ClNO2/c1-12(2)11-19-9-5-8-17-15(18)10-13-6-3-4-7-14(13)16/h3-4,6-7,12H,5,8-11H2,1-2H3,(H,17,18). The molecule has 4 heteroatoms. The summed E-state index contributed by atoms with van der Waals surface area (Å²) in [7, 11) is 0. The van der Waals surface area contributed by atoms with E-state index >= 15 is 0 Å². The third-order valence-electron chi connectivity index (χ3n) is 2.55. The molecule has 0 aromatic heterocycles. The van der Waals surface area contributed by atoms with Gasteiger partial charge in [0.05, 0.1) is 6.42 Å². The summed E-state index contributed by atoms with van der Waals surface area (Å²) in [5.74, 6) is 0.548. The molecule has 0 spiro atoms. The number of hydrogen-bond donors (Lipinski definition) is 1. The summed E-state index contributed by atoms with van der Waals surface area (Å²) in [5, 5.41) is 3.51. The van der Waals surface area contributed by atoms with Crippen molar-refractivity contribution in [3.05, 3.63) is 34.9 Å². The molecule has 0 heterocycles. The lowest BCUT2D eigenvalue weighted by Crippen LogP contribution is -2.27. The largest absolute Gasteiger partial charge is 0.381 e. The average Bonchev–Trinajstić information content (AvgIpc) is 2.36. The second-order valence-electron chi connectivity index (χ2n) is 4.94. The molecule has 0 saturated carbocycles. The van der Waals surface area contributed by atoms with Crippen molar-refractivity contribution in [2.24, 2.45) is 5.92 Å². The Balaban J connectivity index is 2.13. The Morgan fingerprint density at radius 1 is 1.37 bits per heavy atom. The molecule has 0 aliphatic heterocycles. The average molecular weight is 284 g/mol. The van der Waals surface area contributed by atoms with Gasteiger partial charge in [0.15, 0.2) is 0 Å². The van der Waals surface area contributed by atoms with Crippen molar-refractivity contribution in [1.29, 1.82) is 0 Å². The van der Waals surface area contributed by atoms with Crippen LogP contribution in [0, 0.1) is 5.92 Å². The van der Waals surface area contributed by atoms with Crippen LogP contribution in [0.15, 0.2) is 24.3 Å². The van der Waals surface area contributed by atoms with E-state index in [9.17, 15) is 4.79 Å². The quantitative estimate of drug-likeness (QED) is 0.745. The zero-order valence-corrected chi connectivity index (χ0v) is 12.4.